The van der Waals surface area contributed by atoms with Crippen LogP contribution < -0.4 is 0 Å². The maximum atomic E-state index is 13.0. The van der Waals surface area contributed by atoms with E-state index >= 15 is 0 Å². The number of rotatable bonds is 7. The summed E-state index contributed by atoms with van der Waals surface area (Å²) in [5.74, 6) is -1.01. The minimum atomic E-state index is -1.70. The third-order valence-electron chi connectivity index (χ3n) is 1.74. The van der Waals surface area contributed by atoms with Crippen molar-refractivity contribution in [3.05, 3.63) is 36.7 Å². The summed E-state index contributed by atoms with van der Waals surface area (Å²) in [7, 11) is 0. The number of alkyl halides is 2. The topological polar surface area (TPSA) is 0 Å². The van der Waals surface area contributed by atoms with Crippen LogP contribution in [0.15, 0.2) is 36.7 Å². The molecule has 0 saturated carbocycles. The standard InChI is InChI=1S/C12H17F3/c1-3-4-5-6-7-8-11(14)12(15)9-10(2)13/h3,5-6,9-11H,1,4,7-8H2,2H3. The Morgan fingerprint density at radius 2 is 2.00 bits per heavy atom. The molecule has 0 aromatic carbocycles. The summed E-state index contributed by atoms with van der Waals surface area (Å²) in [6, 6.07) is 0. The van der Waals surface area contributed by atoms with Gasteiger partial charge in [0.05, 0.1) is 0 Å². The first kappa shape index (κ1) is 14.0. The lowest BCUT2D eigenvalue weighted by atomic mass is 10.1. The van der Waals surface area contributed by atoms with Crippen LogP contribution in [0.2, 0.25) is 0 Å². The molecule has 0 aliphatic carbocycles. The van der Waals surface area contributed by atoms with E-state index in [-0.39, 0.29) is 6.42 Å². The molecule has 2 atom stereocenters. The maximum Gasteiger partial charge on any atom is 0.151 e. The quantitative estimate of drug-likeness (QED) is 0.554. The van der Waals surface area contributed by atoms with Gasteiger partial charge in [0.15, 0.2) is 6.17 Å². The maximum absolute atomic E-state index is 13.0. The molecule has 0 spiro atoms. The molecule has 0 aromatic heterocycles. The van der Waals surface area contributed by atoms with Gasteiger partial charge in [0.25, 0.3) is 0 Å². The van der Waals surface area contributed by atoms with E-state index in [1.807, 2.05) is 6.08 Å². The van der Waals surface area contributed by atoms with Crippen LogP contribution in [-0.4, -0.2) is 12.3 Å². The lowest BCUT2D eigenvalue weighted by Gasteiger charge is -2.03. The summed E-state index contributed by atoms with van der Waals surface area (Å²) in [6.45, 7) is 4.68. The normalized spacial score (nSPS) is 16.7. The van der Waals surface area contributed by atoms with Crippen molar-refractivity contribution < 1.29 is 13.2 Å². The molecule has 15 heavy (non-hydrogen) atoms. The first-order valence-corrected chi connectivity index (χ1v) is 4.99. The fourth-order valence-electron chi connectivity index (χ4n) is 1.01. The van der Waals surface area contributed by atoms with Crippen LogP contribution in [0.3, 0.4) is 0 Å². The first-order valence-electron chi connectivity index (χ1n) is 4.99. The second-order valence-corrected chi connectivity index (χ2v) is 3.27. The Labute approximate surface area is 89.2 Å². The number of hydrogen-bond donors (Lipinski definition) is 0. The average molecular weight is 218 g/mol. The van der Waals surface area contributed by atoms with E-state index in [0.717, 1.165) is 13.3 Å². The van der Waals surface area contributed by atoms with Gasteiger partial charge in [-0.15, -0.1) is 6.58 Å². The second-order valence-electron chi connectivity index (χ2n) is 3.27. The fourth-order valence-corrected chi connectivity index (χ4v) is 1.01. The Bertz CT molecular complexity index is 229. The van der Waals surface area contributed by atoms with Crippen molar-refractivity contribution in [1.29, 1.82) is 0 Å². The van der Waals surface area contributed by atoms with Gasteiger partial charge in [0.1, 0.15) is 12.0 Å². The van der Waals surface area contributed by atoms with Gasteiger partial charge in [-0.2, -0.15) is 0 Å². The molecule has 0 saturated heterocycles. The van der Waals surface area contributed by atoms with Gasteiger partial charge < -0.3 is 0 Å². The summed E-state index contributed by atoms with van der Waals surface area (Å²) >= 11 is 0. The summed E-state index contributed by atoms with van der Waals surface area (Å²) in [5, 5.41) is 0. The largest absolute Gasteiger partial charge is 0.243 e. The molecule has 3 heteroatoms. The monoisotopic (exact) mass is 218 g/mol. The lowest BCUT2D eigenvalue weighted by molar-refractivity contribution is 0.303. The van der Waals surface area contributed by atoms with Crippen LogP contribution in [0.1, 0.15) is 26.2 Å². The van der Waals surface area contributed by atoms with Crippen LogP contribution in [0, 0.1) is 0 Å². The van der Waals surface area contributed by atoms with Crippen molar-refractivity contribution in [2.45, 2.75) is 38.5 Å². The van der Waals surface area contributed by atoms with Crippen molar-refractivity contribution in [2.24, 2.45) is 0 Å². The van der Waals surface area contributed by atoms with Crippen molar-refractivity contribution in [2.75, 3.05) is 0 Å². The number of halogens is 3. The van der Waals surface area contributed by atoms with E-state index in [1.54, 1.807) is 12.2 Å². The van der Waals surface area contributed by atoms with Crippen LogP contribution in [0.4, 0.5) is 13.2 Å². The Kier molecular flexibility index (Phi) is 7.78. The van der Waals surface area contributed by atoms with Crippen molar-refractivity contribution in [3.8, 4) is 0 Å². The zero-order valence-electron chi connectivity index (χ0n) is 8.93. The molecule has 0 aliphatic heterocycles. The molecule has 0 rings (SSSR count). The second kappa shape index (κ2) is 8.33. The molecule has 0 amide bonds. The number of allylic oxidation sites excluding steroid dienone is 5. The summed E-state index contributed by atoms with van der Waals surface area (Å²) in [6.07, 6.45) is 4.04. The molecular formula is C12H17F3. The average Bonchev–Trinajstić information content (AvgIpc) is 2.16. The van der Waals surface area contributed by atoms with Gasteiger partial charge in [-0.3, -0.25) is 0 Å². The molecule has 0 fully saturated rings. The van der Waals surface area contributed by atoms with Gasteiger partial charge in [0.2, 0.25) is 0 Å². The third kappa shape index (κ3) is 8.03. The first-order chi connectivity index (χ1) is 7.07. The van der Waals surface area contributed by atoms with Crippen molar-refractivity contribution in [3.63, 3.8) is 0 Å². The number of hydrogen-bond acceptors (Lipinski definition) is 0. The Hall–Kier alpha value is -0.990. The molecule has 0 heterocycles. The molecule has 0 N–H and O–H groups in total. The van der Waals surface area contributed by atoms with E-state index in [1.165, 1.54) is 0 Å². The van der Waals surface area contributed by atoms with Crippen LogP contribution >= 0.6 is 0 Å². The molecule has 0 aromatic rings. The van der Waals surface area contributed by atoms with Crippen LogP contribution in [0.25, 0.3) is 0 Å². The van der Waals surface area contributed by atoms with Gasteiger partial charge >= 0.3 is 0 Å². The van der Waals surface area contributed by atoms with Crippen molar-refractivity contribution >= 4 is 0 Å². The van der Waals surface area contributed by atoms with E-state index in [2.05, 4.69) is 6.58 Å². The van der Waals surface area contributed by atoms with Gasteiger partial charge in [-0.1, -0.05) is 18.2 Å². The Balaban J connectivity index is 3.82. The fraction of sp³-hybridized carbons (Fsp3) is 0.500. The van der Waals surface area contributed by atoms with Gasteiger partial charge in [0, 0.05) is 0 Å². The molecule has 0 nitrogen and oxygen atoms in total. The molecule has 0 radical (unpaired) electrons. The van der Waals surface area contributed by atoms with E-state index < -0.39 is 18.2 Å². The SMILES string of the molecule is C=CCC=CCCC(F)C(F)=CC(C)F. The predicted octanol–water partition coefficient (Wildman–Crippen LogP) is 4.45. The smallest absolute Gasteiger partial charge is 0.151 e. The predicted molar refractivity (Wildman–Crippen MR) is 57.8 cm³/mol. The molecule has 0 aliphatic rings. The molecule has 0 bridgehead atoms. The Morgan fingerprint density at radius 3 is 2.53 bits per heavy atom. The highest BCUT2D eigenvalue weighted by Crippen LogP contribution is 2.16. The van der Waals surface area contributed by atoms with Crippen LogP contribution in [0.5, 0.6) is 0 Å². The summed E-state index contributed by atoms with van der Waals surface area (Å²) in [4.78, 5) is 0. The summed E-state index contributed by atoms with van der Waals surface area (Å²) in [5.41, 5.74) is 0. The molecule has 86 valence electrons. The highest BCUT2D eigenvalue weighted by Gasteiger charge is 2.12. The highest BCUT2D eigenvalue weighted by atomic mass is 19.2. The highest BCUT2D eigenvalue weighted by molar-refractivity contribution is 5.02. The molecular weight excluding hydrogens is 201 g/mol. The van der Waals surface area contributed by atoms with Crippen LogP contribution in [-0.2, 0) is 0 Å². The minimum Gasteiger partial charge on any atom is -0.243 e. The molecule has 2 unspecified atom stereocenters. The third-order valence-corrected chi connectivity index (χ3v) is 1.74. The minimum absolute atomic E-state index is 0.0443. The zero-order chi connectivity index (χ0) is 11.7. The Morgan fingerprint density at radius 1 is 1.33 bits per heavy atom. The van der Waals surface area contributed by atoms with E-state index in [0.29, 0.717) is 12.5 Å². The lowest BCUT2D eigenvalue weighted by Crippen LogP contribution is -2.02. The van der Waals surface area contributed by atoms with E-state index in [9.17, 15) is 13.2 Å². The van der Waals surface area contributed by atoms with Gasteiger partial charge in [-0.25, -0.2) is 13.2 Å². The van der Waals surface area contributed by atoms with Gasteiger partial charge in [-0.05, 0) is 32.3 Å². The zero-order valence-corrected chi connectivity index (χ0v) is 8.93. The van der Waals surface area contributed by atoms with E-state index in [4.69, 9.17) is 0 Å². The summed E-state index contributed by atoms with van der Waals surface area (Å²) < 4.78 is 38.1. The van der Waals surface area contributed by atoms with Crippen molar-refractivity contribution in [1.82, 2.24) is 0 Å².